The summed E-state index contributed by atoms with van der Waals surface area (Å²) in [5, 5.41) is 5.57. The van der Waals surface area contributed by atoms with Crippen molar-refractivity contribution < 1.29 is 9.18 Å². The summed E-state index contributed by atoms with van der Waals surface area (Å²) >= 11 is 0. The Kier molecular flexibility index (Phi) is 5.21. The average molecular weight is 264 g/mol. The molecule has 0 aromatic heterocycles. The zero-order chi connectivity index (χ0) is 14.5. The van der Waals surface area contributed by atoms with E-state index in [-0.39, 0.29) is 18.3 Å². The van der Waals surface area contributed by atoms with E-state index < -0.39 is 5.41 Å². The van der Waals surface area contributed by atoms with Gasteiger partial charge < -0.3 is 0 Å². The Morgan fingerprint density at radius 2 is 2.11 bits per heavy atom. The lowest BCUT2D eigenvalue weighted by Crippen LogP contribution is -2.35. The van der Waals surface area contributed by atoms with E-state index in [4.69, 9.17) is 0 Å². The van der Waals surface area contributed by atoms with Gasteiger partial charge in [0.05, 0.1) is 6.54 Å². The Morgan fingerprint density at radius 3 is 2.63 bits per heavy atom. The monoisotopic (exact) mass is 264 g/mol. The second kappa shape index (κ2) is 6.45. The molecule has 0 heterocycles. The maximum Gasteiger partial charge on any atom is 0.248 e. The summed E-state index contributed by atoms with van der Waals surface area (Å²) in [6, 6.07) is 6.22. The molecule has 0 aliphatic heterocycles. The van der Waals surface area contributed by atoms with Crippen molar-refractivity contribution in [2.75, 3.05) is 0 Å². The van der Waals surface area contributed by atoms with Crippen LogP contribution in [0.1, 0.15) is 39.7 Å². The van der Waals surface area contributed by atoms with Gasteiger partial charge in [-0.2, -0.15) is 5.10 Å². The van der Waals surface area contributed by atoms with Crippen molar-refractivity contribution in [2.45, 2.75) is 40.7 Å². The predicted molar refractivity (Wildman–Crippen MR) is 75.2 cm³/mol. The van der Waals surface area contributed by atoms with Gasteiger partial charge in [0, 0.05) is 11.6 Å². The van der Waals surface area contributed by atoms with E-state index in [0.29, 0.717) is 0 Å². The van der Waals surface area contributed by atoms with Gasteiger partial charge in [0.1, 0.15) is 5.82 Å². The Labute approximate surface area is 114 Å². The molecule has 104 valence electrons. The third-order valence-electron chi connectivity index (χ3n) is 2.50. The minimum absolute atomic E-state index is 0.0820. The van der Waals surface area contributed by atoms with Gasteiger partial charge in [0.15, 0.2) is 0 Å². The van der Waals surface area contributed by atoms with E-state index in [9.17, 15) is 9.18 Å². The average Bonchev–Trinajstić information content (AvgIpc) is 2.32. The van der Waals surface area contributed by atoms with Crippen LogP contribution < -0.4 is 0 Å². The van der Waals surface area contributed by atoms with Gasteiger partial charge in [-0.1, -0.05) is 39.8 Å². The topological polar surface area (TPSA) is 32.7 Å². The first kappa shape index (κ1) is 15.3. The van der Waals surface area contributed by atoms with Crippen molar-refractivity contribution in [3.05, 3.63) is 35.6 Å². The van der Waals surface area contributed by atoms with Crippen LogP contribution in [0.2, 0.25) is 0 Å². The minimum Gasteiger partial charge on any atom is -0.272 e. The van der Waals surface area contributed by atoms with E-state index in [2.05, 4.69) is 5.10 Å². The summed E-state index contributed by atoms with van der Waals surface area (Å²) < 4.78 is 13.2. The Hall–Kier alpha value is -1.71. The lowest BCUT2D eigenvalue weighted by molar-refractivity contribution is -0.140. The van der Waals surface area contributed by atoms with Crippen LogP contribution in [0.15, 0.2) is 29.4 Å². The lowest BCUT2D eigenvalue weighted by atomic mass is 9.95. The van der Waals surface area contributed by atoms with Crippen molar-refractivity contribution in [1.82, 2.24) is 5.01 Å². The van der Waals surface area contributed by atoms with Gasteiger partial charge >= 0.3 is 0 Å². The van der Waals surface area contributed by atoms with Gasteiger partial charge in [-0.3, -0.25) is 4.79 Å². The molecule has 0 N–H and O–H groups in total. The normalized spacial score (nSPS) is 11.8. The van der Waals surface area contributed by atoms with Gasteiger partial charge in [-0.25, -0.2) is 9.40 Å². The number of halogens is 1. The van der Waals surface area contributed by atoms with Crippen molar-refractivity contribution in [3.63, 3.8) is 0 Å². The van der Waals surface area contributed by atoms with Crippen LogP contribution >= 0.6 is 0 Å². The van der Waals surface area contributed by atoms with Crippen LogP contribution in [-0.2, 0) is 11.3 Å². The van der Waals surface area contributed by atoms with Crippen LogP contribution in [0.3, 0.4) is 0 Å². The molecule has 1 aromatic carbocycles. The van der Waals surface area contributed by atoms with Crippen LogP contribution in [0.25, 0.3) is 0 Å². The number of carbonyl (C=O) groups is 1. The number of carbonyl (C=O) groups excluding carboxylic acids is 1. The molecule has 1 amide bonds. The third kappa shape index (κ3) is 4.81. The van der Waals surface area contributed by atoms with E-state index in [1.54, 1.807) is 18.3 Å². The highest BCUT2D eigenvalue weighted by atomic mass is 19.1. The molecule has 0 saturated carbocycles. The molecule has 3 nitrogen and oxygen atoms in total. The number of hydrazone groups is 1. The number of amides is 1. The second-order valence-corrected chi connectivity index (χ2v) is 5.45. The van der Waals surface area contributed by atoms with Crippen molar-refractivity contribution in [1.29, 1.82) is 0 Å². The molecule has 1 aromatic rings. The van der Waals surface area contributed by atoms with Crippen molar-refractivity contribution >= 4 is 12.1 Å². The summed E-state index contributed by atoms with van der Waals surface area (Å²) in [4.78, 5) is 12.3. The SMILES string of the molecule is CC/C=N\N(Cc1cccc(F)c1)C(=O)C(C)(C)C. The van der Waals surface area contributed by atoms with Crippen LogP contribution in [0.5, 0.6) is 0 Å². The highest BCUT2D eigenvalue weighted by Gasteiger charge is 2.27. The minimum atomic E-state index is -0.515. The Balaban J connectivity index is 2.92. The summed E-state index contributed by atoms with van der Waals surface area (Å²) in [5.41, 5.74) is 0.212. The van der Waals surface area contributed by atoms with Crippen LogP contribution in [-0.4, -0.2) is 17.1 Å². The molecule has 19 heavy (non-hydrogen) atoms. The maximum absolute atomic E-state index is 13.2. The fourth-order valence-electron chi connectivity index (χ4n) is 1.54. The summed E-state index contributed by atoms with van der Waals surface area (Å²) in [6.07, 6.45) is 2.43. The summed E-state index contributed by atoms with van der Waals surface area (Å²) in [5.74, 6) is -0.387. The van der Waals surface area contributed by atoms with Crippen LogP contribution in [0, 0.1) is 11.2 Å². The van der Waals surface area contributed by atoms with E-state index in [0.717, 1.165) is 12.0 Å². The standard InChI is InChI=1S/C15H21FN2O/c1-5-9-17-18(14(19)15(2,3)4)11-12-7-6-8-13(16)10-12/h6-10H,5,11H2,1-4H3/b17-9-. The molecule has 4 heteroatoms. The molecule has 0 radical (unpaired) electrons. The number of hydrogen-bond acceptors (Lipinski definition) is 2. The Morgan fingerprint density at radius 1 is 1.42 bits per heavy atom. The molecule has 0 spiro atoms. The van der Waals surface area contributed by atoms with Gasteiger partial charge in [-0.15, -0.1) is 0 Å². The van der Waals surface area contributed by atoms with E-state index in [1.165, 1.54) is 17.1 Å². The quantitative estimate of drug-likeness (QED) is 0.604. The zero-order valence-corrected chi connectivity index (χ0v) is 12.0. The van der Waals surface area contributed by atoms with E-state index >= 15 is 0 Å². The molecular formula is C15H21FN2O. The largest absolute Gasteiger partial charge is 0.272 e. The molecule has 0 aliphatic rings. The smallest absolute Gasteiger partial charge is 0.248 e. The van der Waals surface area contributed by atoms with E-state index in [1.807, 2.05) is 27.7 Å². The molecule has 0 atom stereocenters. The fourth-order valence-corrected chi connectivity index (χ4v) is 1.54. The van der Waals surface area contributed by atoms with Gasteiger partial charge in [0.25, 0.3) is 0 Å². The highest BCUT2D eigenvalue weighted by Crippen LogP contribution is 2.19. The van der Waals surface area contributed by atoms with Gasteiger partial charge in [-0.05, 0) is 24.1 Å². The Bertz CT molecular complexity index is 463. The zero-order valence-electron chi connectivity index (χ0n) is 12.0. The maximum atomic E-state index is 13.2. The van der Waals surface area contributed by atoms with Crippen LogP contribution in [0.4, 0.5) is 4.39 Å². The van der Waals surface area contributed by atoms with Gasteiger partial charge in [0.2, 0.25) is 5.91 Å². The van der Waals surface area contributed by atoms with Crippen molar-refractivity contribution in [2.24, 2.45) is 10.5 Å². The molecule has 0 saturated heterocycles. The van der Waals surface area contributed by atoms with Crippen molar-refractivity contribution in [3.8, 4) is 0 Å². The third-order valence-corrected chi connectivity index (χ3v) is 2.50. The number of hydrogen-bond donors (Lipinski definition) is 0. The lowest BCUT2D eigenvalue weighted by Gasteiger charge is -2.25. The molecule has 0 unspecified atom stereocenters. The summed E-state index contributed by atoms with van der Waals surface area (Å²) in [7, 11) is 0. The first-order valence-electron chi connectivity index (χ1n) is 6.43. The molecule has 0 aliphatic carbocycles. The molecule has 0 fully saturated rings. The molecular weight excluding hydrogens is 243 g/mol. The number of benzene rings is 1. The summed E-state index contributed by atoms with van der Waals surface area (Å²) in [6.45, 7) is 7.76. The number of rotatable bonds is 4. The molecule has 1 rings (SSSR count). The highest BCUT2D eigenvalue weighted by molar-refractivity contribution is 5.82. The fraction of sp³-hybridized carbons (Fsp3) is 0.467. The first-order valence-corrected chi connectivity index (χ1v) is 6.43. The number of nitrogens with zero attached hydrogens (tertiary/aromatic N) is 2. The second-order valence-electron chi connectivity index (χ2n) is 5.45. The molecule has 0 bridgehead atoms. The predicted octanol–water partition coefficient (Wildman–Crippen LogP) is 3.60. The first-order chi connectivity index (χ1) is 8.84.